The van der Waals surface area contributed by atoms with Gasteiger partial charge in [0.1, 0.15) is 0 Å². The van der Waals surface area contributed by atoms with Crippen LogP contribution in [-0.4, -0.2) is 6.54 Å². The van der Waals surface area contributed by atoms with Crippen molar-refractivity contribution in [2.45, 2.75) is 26.2 Å². The zero-order valence-corrected chi connectivity index (χ0v) is 9.27. The number of aryl methyl sites for hydroxylation is 1. The maximum absolute atomic E-state index is 6.10. The number of benzene rings is 1. The van der Waals surface area contributed by atoms with E-state index in [9.17, 15) is 0 Å². The Bertz CT molecular complexity index is 318. The molecule has 1 aliphatic carbocycles. The Morgan fingerprint density at radius 3 is 2.86 bits per heavy atom. The predicted molar refractivity (Wildman–Crippen MR) is 62.0 cm³/mol. The fourth-order valence-corrected chi connectivity index (χ4v) is 1.88. The number of hydrogen-bond donors (Lipinski definition) is 1. The Balaban J connectivity index is 1.87. The van der Waals surface area contributed by atoms with Crippen LogP contribution >= 0.6 is 11.6 Å². The molecule has 1 aromatic rings. The zero-order chi connectivity index (χ0) is 9.97. The first-order valence-corrected chi connectivity index (χ1v) is 5.63. The molecule has 0 unspecified atom stereocenters. The molecule has 0 atom stereocenters. The molecule has 1 fully saturated rings. The van der Waals surface area contributed by atoms with Crippen molar-refractivity contribution in [2.24, 2.45) is 5.92 Å². The Hall–Kier alpha value is -0.690. The van der Waals surface area contributed by atoms with E-state index in [4.69, 9.17) is 11.6 Å². The second-order valence-electron chi connectivity index (χ2n) is 4.14. The minimum Gasteiger partial charge on any atom is -0.384 e. The van der Waals surface area contributed by atoms with E-state index in [1.54, 1.807) is 0 Å². The van der Waals surface area contributed by atoms with Crippen molar-refractivity contribution in [3.63, 3.8) is 0 Å². The van der Waals surface area contributed by atoms with E-state index in [1.807, 2.05) is 6.07 Å². The van der Waals surface area contributed by atoms with E-state index in [0.29, 0.717) is 0 Å². The molecule has 0 spiro atoms. The monoisotopic (exact) mass is 209 g/mol. The molecule has 0 radical (unpaired) electrons. The quantitative estimate of drug-likeness (QED) is 0.794. The number of rotatable bonds is 4. The summed E-state index contributed by atoms with van der Waals surface area (Å²) in [6.07, 6.45) is 4.12. The van der Waals surface area contributed by atoms with Crippen molar-refractivity contribution >= 4 is 17.3 Å². The molecule has 1 N–H and O–H groups in total. The van der Waals surface area contributed by atoms with E-state index in [2.05, 4.69) is 24.4 Å². The van der Waals surface area contributed by atoms with Crippen LogP contribution in [0.5, 0.6) is 0 Å². The second kappa shape index (κ2) is 4.22. The van der Waals surface area contributed by atoms with Gasteiger partial charge < -0.3 is 5.32 Å². The van der Waals surface area contributed by atoms with Gasteiger partial charge >= 0.3 is 0 Å². The lowest BCUT2D eigenvalue weighted by atomic mass is 10.2. The smallest absolute Gasteiger partial charge is 0.0640 e. The highest BCUT2D eigenvalue weighted by atomic mass is 35.5. The van der Waals surface area contributed by atoms with E-state index in [0.717, 1.165) is 23.2 Å². The molecule has 1 nitrogen and oxygen atoms in total. The Morgan fingerprint density at radius 2 is 2.21 bits per heavy atom. The molecule has 0 bridgehead atoms. The van der Waals surface area contributed by atoms with Crippen molar-refractivity contribution in [1.29, 1.82) is 0 Å². The van der Waals surface area contributed by atoms with Crippen LogP contribution in [0.4, 0.5) is 5.69 Å². The van der Waals surface area contributed by atoms with Crippen LogP contribution in [0.25, 0.3) is 0 Å². The molecule has 2 heteroatoms. The van der Waals surface area contributed by atoms with Gasteiger partial charge in [-0.3, -0.25) is 0 Å². The summed E-state index contributed by atoms with van der Waals surface area (Å²) in [6, 6.07) is 6.15. The minimum absolute atomic E-state index is 0.834. The predicted octanol–water partition coefficient (Wildman–Crippen LogP) is 3.86. The first-order chi connectivity index (χ1) is 6.75. The largest absolute Gasteiger partial charge is 0.384 e. The van der Waals surface area contributed by atoms with Gasteiger partial charge in [-0.05, 0) is 37.0 Å². The summed E-state index contributed by atoms with van der Waals surface area (Å²) >= 11 is 6.10. The molecule has 1 aromatic carbocycles. The molecule has 0 amide bonds. The summed E-state index contributed by atoms with van der Waals surface area (Å²) in [7, 11) is 0. The van der Waals surface area contributed by atoms with Crippen molar-refractivity contribution in [3.05, 3.63) is 28.8 Å². The summed E-state index contributed by atoms with van der Waals surface area (Å²) in [5.41, 5.74) is 2.28. The van der Waals surface area contributed by atoms with E-state index < -0.39 is 0 Å². The van der Waals surface area contributed by atoms with Gasteiger partial charge in [0, 0.05) is 6.54 Å². The van der Waals surface area contributed by atoms with Crippen molar-refractivity contribution in [3.8, 4) is 0 Å². The third-order valence-electron chi connectivity index (χ3n) is 2.69. The van der Waals surface area contributed by atoms with E-state index >= 15 is 0 Å². The Morgan fingerprint density at radius 1 is 1.43 bits per heavy atom. The van der Waals surface area contributed by atoms with Gasteiger partial charge in [0.2, 0.25) is 0 Å². The molecule has 14 heavy (non-hydrogen) atoms. The molecular formula is C12H16ClN. The lowest BCUT2D eigenvalue weighted by Gasteiger charge is -2.08. The summed E-state index contributed by atoms with van der Waals surface area (Å²) in [6.45, 7) is 3.10. The fourth-order valence-electron chi connectivity index (χ4n) is 1.58. The molecule has 1 saturated carbocycles. The van der Waals surface area contributed by atoms with Gasteiger partial charge in [-0.15, -0.1) is 0 Å². The number of nitrogens with one attached hydrogen (secondary N) is 1. The topological polar surface area (TPSA) is 12.0 Å². The lowest BCUT2D eigenvalue weighted by Crippen LogP contribution is -2.02. The van der Waals surface area contributed by atoms with Crippen molar-refractivity contribution < 1.29 is 0 Å². The van der Waals surface area contributed by atoms with Gasteiger partial charge in [0.15, 0.2) is 0 Å². The second-order valence-corrected chi connectivity index (χ2v) is 4.55. The van der Waals surface area contributed by atoms with Gasteiger partial charge in [0.25, 0.3) is 0 Å². The molecule has 1 aliphatic rings. The van der Waals surface area contributed by atoms with Crippen LogP contribution in [0.2, 0.25) is 5.02 Å². The van der Waals surface area contributed by atoms with Crippen molar-refractivity contribution in [1.82, 2.24) is 0 Å². The van der Waals surface area contributed by atoms with Crippen LogP contribution in [0.3, 0.4) is 0 Å². The fraction of sp³-hybridized carbons (Fsp3) is 0.500. The molecular weight excluding hydrogens is 194 g/mol. The number of anilines is 1. The Labute approximate surface area is 90.5 Å². The molecule has 76 valence electrons. The normalized spacial score (nSPS) is 15.6. The van der Waals surface area contributed by atoms with Gasteiger partial charge in [-0.1, -0.05) is 30.5 Å². The zero-order valence-electron chi connectivity index (χ0n) is 8.52. The highest BCUT2D eigenvalue weighted by molar-refractivity contribution is 6.33. The maximum atomic E-state index is 6.10. The van der Waals surface area contributed by atoms with Crippen molar-refractivity contribution in [2.75, 3.05) is 11.9 Å². The highest BCUT2D eigenvalue weighted by Gasteiger charge is 2.20. The van der Waals surface area contributed by atoms with Gasteiger partial charge in [0.05, 0.1) is 10.7 Å². The average Bonchev–Trinajstić information content (AvgIpc) is 2.92. The Kier molecular flexibility index (Phi) is 2.97. The summed E-state index contributed by atoms with van der Waals surface area (Å²) in [4.78, 5) is 0. The summed E-state index contributed by atoms with van der Waals surface area (Å²) in [5, 5.41) is 4.21. The average molecular weight is 210 g/mol. The molecule has 0 aliphatic heterocycles. The van der Waals surface area contributed by atoms with Crippen LogP contribution < -0.4 is 5.32 Å². The molecule has 0 heterocycles. The van der Waals surface area contributed by atoms with Crippen LogP contribution in [-0.2, 0) is 0 Å². The lowest BCUT2D eigenvalue weighted by molar-refractivity contribution is 0.760. The molecule has 2 rings (SSSR count). The highest BCUT2D eigenvalue weighted by Crippen LogP contribution is 2.32. The van der Waals surface area contributed by atoms with Crippen LogP contribution in [0, 0.1) is 12.8 Å². The van der Waals surface area contributed by atoms with Gasteiger partial charge in [-0.25, -0.2) is 0 Å². The molecule has 0 saturated heterocycles. The first kappa shape index (κ1) is 9.85. The van der Waals surface area contributed by atoms with Gasteiger partial charge in [-0.2, -0.15) is 0 Å². The number of halogens is 1. The number of hydrogen-bond acceptors (Lipinski definition) is 1. The van der Waals surface area contributed by atoms with E-state index in [1.165, 1.54) is 24.8 Å². The standard InChI is InChI=1S/C12H16ClN/c1-9-2-5-12(11(13)8-9)14-7-6-10-3-4-10/h2,5,8,10,14H,3-4,6-7H2,1H3. The maximum Gasteiger partial charge on any atom is 0.0640 e. The van der Waals surface area contributed by atoms with E-state index in [-0.39, 0.29) is 0 Å². The third kappa shape index (κ3) is 2.65. The first-order valence-electron chi connectivity index (χ1n) is 5.26. The van der Waals surface area contributed by atoms with Crippen LogP contribution in [0.1, 0.15) is 24.8 Å². The SMILES string of the molecule is Cc1ccc(NCCC2CC2)c(Cl)c1. The third-order valence-corrected chi connectivity index (χ3v) is 3.00. The summed E-state index contributed by atoms with van der Waals surface area (Å²) < 4.78 is 0. The summed E-state index contributed by atoms with van der Waals surface area (Å²) in [5.74, 6) is 0.978. The molecule has 0 aromatic heterocycles. The van der Waals surface area contributed by atoms with Crippen LogP contribution in [0.15, 0.2) is 18.2 Å². The minimum atomic E-state index is 0.834.